The summed E-state index contributed by atoms with van der Waals surface area (Å²) in [6.45, 7) is 4.04. The van der Waals surface area contributed by atoms with Crippen LogP contribution in [0.15, 0.2) is 46.2 Å². The molecule has 2 aromatic rings. The first-order chi connectivity index (χ1) is 12.7. The van der Waals surface area contributed by atoms with Gasteiger partial charge in [0.25, 0.3) is 10.0 Å². The molecule has 0 aliphatic carbocycles. The fraction of sp³-hybridized carbons (Fsp3) is 0.278. The lowest BCUT2D eigenvalue weighted by Gasteiger charge is -2.32. The number of nitrogens with one attached hydrogen (secondary N) is 1. The van der Waals surface area contributed by atoms with E-state index in [1.807, 2.05) is 6.92 Å². The molecule has 0 unspecified atom stereocenters. The number of ether oxygens (including phenoxy) is 1. The Kier molecular flexibility index (Phi) is 5.60. The van der Waals surface area contributed by atoms with Crippen molar-refractivity contribution in [2.75, 3.05) is 23.3 Å². The average Bonchev–Trinajstić information content (AvgIpc) is 2.60. The van der Waals surface area contributed by atoms with Crippen LogP contribution in [0, 0.1) is 0 Å². The summed E-state index contributed by atoms with van der Waals surface area (Å²) in [4.78, 5) is 14.5. The van der Waals surface area contributed by atoms with Crippen LogP contribution in [0.3, 0.4) is 0 Å². The van der Waals surface area contributed by atoms with Crippen molar-refractivity contribution >= 4 is 50.7 Å². The number of anilines is 2. The van der Waals surface area contributed by atoms with E-state index in [2.05, 4.69) is 4.72 Å². The first-order valence-electron chi connectivity index (χ1n) is 8.16. The lowest BCUT2D eigenvalue weighted by molar-refractivity contribution is -0.116. The number of carbonyl (C=O) groups excluding carboxylic acids is 1. The molecule has 1 N–H and O–H groups in total. The van der Waals surface area contributed by atoms with Gasteiger partial charge in [0.15, 0.2) is 0 Å². The van der Waals surface area contributed by atoms with E-state index < -0.39 is 10.0 Å². The van der Waals surface area contributed by atoms with Gasteiger partial charge in [0.2, 0.25) is 5.91 Å². The van der Waals surface area contributed by atoms with Gasteiger partial charge in [0.05, 0.1) is 23.4 Å². The average molecular weight is 427 g/mol. The summed E-state index contributed by atoms with van der Waals surface area (Å²) >= 11 is 7.59. The van der Waals surface area contributed by atoms with Crippen LogP contribution in [0.2, 0.25) is 5.02 Å². The van der Waals surface area contributed by atoms with Gasteiger partial charge >= 0.3 is 0 Å². The molecule has 6 nitrogen and oxygen atoms in total. The summed E-state index contributed by atoms with van der Waals surface area (Å²) < 4.78 is 33.5. The van der Waals surface area contributed by atoms with E-state index in [0.29, 0.717) is 23.0 Å². The molecule has 0 spiro atoms. The molecule has 0 fully saturated rings. The van der Waals surface area contributed by atoms with Gasteiger partial charge in [-0.05, 0) is 36.4 Å². The van der Waals surface area contributed by atoms with Gasteiger partial charge in [-0.25, -0.2) is 8.42 Å². The van der Waals surface area contributed by atoms with E-state index in [4.69, 9.17) is 16.3 Å². The van der Waals surface area contributed by atoms with Gasteiger partial charge in [-0.1, -0.05) is 18.5 Å². The Morgan fingerprint density at radius 1 is 1.30 bits per heavy atom. The molecular formula is C18H19ClN2O4S2. The number of nitrogens with zero attached hydrogens (tertiary/aromatic N) is 1. The Hall–Kier alpha value is -1.90. The van der Waals surface area contributed by atoms with Gasteiger partial charge in [-0.2, -0.15) is 0 Å². The van der Waals surface area contributed by atoms with Gasteiger partial charge in [0, 0.05) is 28.6 Å². The Bertz CT molecular complexity index is 995. The maximum absolute atomic E-state index is 12.9. The number of sulfonamides is 1. The maximum atomic E-state index is 12.9. The van der Waals surface area contributed by atoms with E-state index in [1.54, 1.807) is 34.9 Å². The standard InChI is InChI=1S/C18H19ClN2O4S2/c1-11-10-21(12(2)22)16-9-14(5-7-18(16)26-11)27(23,24)20-15-8-13(19)4-6-17(15)25-3/h4-9,11,20H,10H2,1-3H3/t11-/m0/s1. The minimum Gasteiger partial charge on any atom is -0.495 e. The largest absolute Gasteiger partial charge is 0.495 e. The Balaban J connectivity index is 2.00. The predicted molar refractivity (Wildman–Crippen MR) is 109 cm³/mol. The molecule has 0 saturated heterocycles. The maximum Gasteiger partial charge on any atom is 0.262 e. The number of fused-ring (bicyclic) bond motifs is 1. The molecule has 1 amide bonds. The number of methoxy groups -OCH3 is 1. The Morgan fingerprint density at radius 2 is 2.04 bits per heavy atom. The number of thioether (sulfide) groups is 1. The summed E-state index contributed by atoms with van der Waals surface area (Å²) in [7, 11) is -2.45. The highest BCUT2D eigenvalue weighted by Gasteiger charge is 2.27. The minimum atomic E-state index is -3.89. The minimum absolute atomic E-state index is 0.0599. The third kappa shape index (κ3) is 4.17. The third-order valence-corrected chi connectivity index (χ3v) is 6.83. The van der Waals surface area contributed by atoms with E-state index in [1.165, 1.54) is 32.2 Å². The van der Waals surface area contributed by atoms with Crippen LogP contribution in [0.5, 0.6) is 5.75 Å². The fourth-order valence-electron chi connectivity index (χ4n) is 2.85. The normalized spacial score (nSPS) is 16.6. The quantitative estimate of drug-likeness (QED) is 0.799. The van der Waals surface area contributed by atoms with Crippen LogP contribution >= 0.6 is 23.4 Å². The third-order valence-electron chi connectivity index (χ3n) is 4.09. The molecule has 1 heterocycles. The number of carbonyl (C=O) groups is 1. The zero-order valence-corrected chi connectivity index (χ0v) is 17.4. The first kappa shape index (κ1) is 19.9. The SMILES string of the molecule is COc1ccc(Cl)cc1NS(=O)(=O)c1ccc2c(c1)N(C(C)=O)C[C@H](C)S2. The van der Waals surface area contributed by atoms with Crippen molar-refractivity contribution in [2.45, 2.75) is 28.9 Å². The molecule has 0 aromatic heterocycles. The second-order valence-corrected chi connectivity index (χ2v) is 9.74. The molecule has 1 atom stereocenters. The summed E-state index contributed by atoms with van der Waals surface area (Å²) in [6.07, 6.45) is 0. The Labute approximate surface area is 167 Å². The molecule has 0 radical (unpaired) electrons. The van der Waals surface area contributed by atoms with Crippen molar-refractivity contribution in [1.82, 2.24) is 0 Å². The second-order valence-electron chi connectivity index (χ2n) is 6.14. The van der Waals surface area contributed by atoms with Crippen LogP contribution in [0.4, 0.5) is 11.4 Å². The van der Waals surface area contributed by atoms with Crippen molar-refractivity contribution in [3.63, 3.8) is 0 Å². The van der Waals surface area contributed by atoms with Crippen molar-refractivity contribution < 1.29 is 17.9 Å². The van der Waals surface area contributed by atoms with E-state index in [0.717, 1.165) is 4.90 Å². The highest BCUT2D eigenvalue weighted by atomic mass is 35.5. The summed E-state index contributed by atoms with van der Waals surface area (Å²) in [5, 5.41) is 0.616. The van der Waals surface area contributed by atoms with Crippen molar-refractivity contribution in [2.24, 2.45) is 0 Å². The summed E-state index contributed by atoms with van der Waals surface area (Å²) in [5.41, 5.74) is 0.848. The molecule has 2 aromatic carbocycles. The van der Waals surface area contributed by atoms with Gasteiger partial charge in [-0.15, -0.1) is 11.8 Å². The van der Waals surface area contributed by atoms with Gasteiger partial charge in [0.1, 0.15) is 5.75 Å². The molecule has 0 saturated carbocycles. The number of rotatable bonds is 4. The van der Waals surface area contributed by atoms with Gasteiger partial charge < -0.3 is 9.64 Å². The van der Waals surface area contributed by atoms with E-state index >= 15 is 0 Å². The van der Waals surface area contributed by atoms with Gasteiger partial charge in [-0.3, -0.25) is 9.52 Å². The number of benzene rings is 2. The molecule has 144 valence electrons. The highest BCUT2D eigenvalue weighted by Crippen LogP contribution is 2.40. The number of hydrogen-bond acceptors (Lipinski definition) is 5. The molecule has 0 bridgehead atoms. The number of amides is 1. The van der Waals surface area contributed by atoms with Crippen LogP contribution in [0.25, 0.3) is 0 Å². The van der Waals surface area contributed by atoms with E-state index in [-0.39, 0.29) is 21.7 Å². The zero-order chi connectivity index (χ0) is 19.8. The molecule has 3 rings (SSSR count). The molecule has 1 aliphatic heterocycles. The number of hydrogen-bond donors (Lipinski definition) is 1. The fourth-order valence-corrected chi connectivity index (χ4v) is 5.19. The van der Waals surface area contributed by atoms with Crippen molar-refractivity contribution in [3.8, 4) is 5.75 Å². The van der Waals surface area contributed by atoms with E-state index in [9.17, 15) is 13.2 Å². The zero-order valence-electron chi connectivity index (χ0n) is 15.0. The van der Waals surface area contributed by atoms with Crippen LogP contribution in [0.1, 0.15) is 13.8 Å². The van der Waals surface area contributed by atoms with Crippen LogP contribution < -0.4 is 14.4 Å². The van der Waals surface area contributed by atoms with Crippen molar-refractivity contribution in [3.05, 3.63) is 41.4 Å². The topological polar surface area (TPSA) is 75.7 Å². The van der Waals surface area contributed by atoms with Crippen molar-refractivity contribution in [1.29, 1.82) is 0 Å². The lowest BCUT2D eigenvalue weighted by Crippen LogP contribution is -2.37. The second kappa shape index (κ2) is 7.61. The number of halogens is 1. The smallest absolute Gasteiger partial charge is 0.262 e. The molecular weight excluding hydrogens is 408 g/mol. The summed E-state index contributed by atoms with van der Waals surface area (Å²) in [5.74, 6) is 0.234. The predicted octanol–water partition coefficient (Wildman–Crippen LogP) is 4.00. The highest BCUT2D eigenvalue weighted by molar-refractivity contribution is 8.00. The summed E-state index contributed by atoms with van der Waals surface area (Å²) in [6, 6.07) is 9.46. The van der Waals surface area contributed by atoms with Crippen LogP contribution in [-0.4, -0.2) is 33.2 Å². The molecule has 1 aliphatic rings. The lowest BCUT2D eigenvalue weighted by atomic mass is 10.2. The Morgan fingerprint density at radius 3 is 2.70 bits per heavy atom. The first-order valence-corrected chi connectivity index (χ1v) is 10.9. The molecule has 9 heteroatoms. The monoisotopic (exact) mass is 426 g/mol. The van der Waals surface area contributed by atoms with Crippen LogP contribution in [-0.2, 0) is 14.8 Å². The molecule has 27 heavy (non-hydrogen) atoms.